The lowest BCUT2D eigenvalue weighted by atomic mass is 9.89. The standard InChI is InChI=1S/C11H20N4O2/c1-3-5-11(17,6-4-2)7-9(16)14-10-12-8-13-15-10/h8,17H,3-7H2,1-2H3,(H2,12,13,14,15,16). The van der Waals surface area contributed by atoms with Crippen LogP contribution in [0.2, 0.25) is 0 Å². The summed E-state index contributed by atoms with van der Waals surface area (Å²) in [6.07, 6.45) is 4.38. The minimum atomic E-state index is -0.909. The summed E-state index contributed by atoms with van der Waals surface area (Å²) >= 11 is 0. The molecule has 0 saturated carbocycles. The van der Waals surface area contributed by atoms with Crippen LogP contribution in [0.25, 0.3) is 0 Å². The van der Waals surface area contributed by atoms with Gasteiger partial charge in [-0.15, -0.1) is 0 Å². The molecule has 17 heavy (non-hydrogen) atoms. The van der Waals surface area contributed by atoms with E-state index in [0.717, 1.165) is 12.8 Å². The average molecular weight is 240 g/mol. The number of hydrogen-bond acceptors (Lipinski definition) is 4. The van der Waals surface area contributed by atoms with Crippen molar-refractivity contribution < 1.29 is 9.90 Å². The van der Waals surface area contributed by atoms with E-state index in [-0.39, 0.29) is 12.3 Å². The first kappa shape index (κ1) is 13.6. The number of aromatic nitrogens is 3. The van der Waals surface area contributed by atoms with Gasteiger partial charge in [-0.05, 0) is 12.8 Å². The van der Waals surface area contributed by atoms with Gasteiger partial charge in [-0.1, -0.05) is 26.7 Å². The van der Waals surface area contributed by atoms with Crippen molar-refractivity contribution >= 4 is 11.9 Å². The topological polar surface area (TPSA) is 90.9 Å². The predicted octanol–water partition coefficient (Wildman–Crippen LogP) is 1.46. The smallest absolute Gasteiger partial charge is 0.229 e. The van der Waals surface area contributed by atoms with Crippen molar-refractivity contribution in [1.82, 2.24) is 15.2 Å². The van der Waals surface area contributed by atoms with Crippen LogP contribution >= 0.6 is 0 Å². The Bertz CT molecular complexity index is 331. The highest BCUT2D eigenvalue weighted by atomic mass is 16.3. The third-order valence-corrected chi connectivity index (χ3v) is 2.59. The quantitative estimate of drug-likeness (QED) is 0.673. The lowest BCUT2D eigenvalue weighted by molar-refractivity contribution is -0.121. The molecule has 6 nitrogen and oxygen atoms in total. The third kappa shape index (κ3) is 4.52. The summed E-state index contributed by atoms with van der Waals surface area (Å²) in [6, 6.07) is 0. The molecule has 0 spiro atoms. The molecule has 1 amide bonds. The van der Waals surface area contributed by atoms with Gasteiger partial charge in [-0.25, -0.2) is 5.10 Å². The van der Waals surface area contributed by atoms with Crippen LogP contribution in [0, 0.1) is 0 Å². The molecule has 3 N–H and O–H groups in total. The Morgan fingerprint density at radius 1 is 1.47 bits per heavy atom. The Kier molecular flexibility index (Phi) is 5.09. The zero-order chi connectivity index (χ0) is 12.7. The number of hydrogen-bond donors (Lipinski definition) is 3. The van der Waals surface area contributed by atoms with E-state index in [4.69, 9.17) is 0 Å². The Morgan fingerprint density at radius 2 is 2.12 bits per heavy atom. The molecule has 0 fully saturated rings. The van der Waals surface area contributed by atoms with Gasteiger partial charge < -0.3 is 5.11 Å². The Hall–Kier alpha value is -1.43. The number of amides is 1. The van der Waals surface area contributed by atoms with E-state index in [1.807, 2.05) is 13.8 Å². The minimum Gasteiger partial charge on any atom is -0.389 e. The van der Waals surface area contributed by atoms with Crippen molar-refractivity contribution in [3.8, 4) is 0 Å². The number of nitrogens with zero attached hydrogens (tertiary/aromatic N) is 2. The van der Waals surface area contributed by atoms with Crippen LogP contribution in [0.1, 0.15) is 46.0 Å². The molecule has 0 aromatic carbocycles. The first-order chi connectivity index (χ1) is 8.09. The molecule has 1 aromatic heterocycles. The van der Waals surface area contributed by atoms with Gasteiger partial charge in [0.2, 0.25) is 11.9 Å². The highest BCUT2D eigenvalue weighted by molar-refractivity contribution is 5.89. The fraction of sp³-hybridized carbons (Fsp3) is 0.727. The van der Waals surface area contributed by atoms with E-state index >= 15 is 0 Å². The second kappa shape index (κ2) is 6.34. The maximum absolute atomic E-state index is 11.7. The molecule has 0 bridgehead atoms. The summed E-state index contributed by atoms with van der Waals surface area (Å²) in [5.74, 6) is 0.0662. The summed E-state index contributed by atoms with van der Waals surface area (Å²) in [7, 11) is 0. The fourth-order valence-corrected chi connectivity index (χ4v) is 1.97. The first-order valence-electron chi connectivity index (χ1n) is 5.97. The molecule has 0 saturated heterocycles. The molecular formula is C11H20N4O2. The van der Waals surface area contributed by atoms with Crippen molar-refractivity contribution in [3.05, 3.63) is 6.33 Å². The molecule has 0 radical (unpaired) electrons. The summed E-state index contributed by atoms with van der Waals surface area (Å²) in [4.78, 5) is 15.5. The zero-order valence-corrected chi connectivity index (χ0v) is 10.4. The van der Waals surface area contributed by atoms with Crippen LogP contribution in [0.3, 0.4) is 0 Å². The lowest BCUT2D eigenvalue weighted by Crippen LogP contribution is -2.34. The summed E-state index contributed by atoms with van der Waals surface area (Å²) in [5.41, 5.74) is -0.909. The number of H-pyrrole nitrogens is 1. The van der Waals surface area contributed by atoms with Crippen LogP contribution in [0.15, 0.2) is 6.33 Å². The Balaban J connectivity index is 2.51. The average Bonchev–Trinajstić information content (AvgIpc) is 2.70. The fourth-order valence-electron chi connectivity index (χ4n) is 1.97. The SMILES string of the molecule is CCCC(O)(CCC)CC(=O)Nc1ncn[nH]1. The number of anilines is 1. The molecule has 1 aromatic rings. The van der Waals surface area contributed by atoms with Gasteiger partial charge in [0.05, 0.1) is 12.0 Å². The number of carbonyl (C=O) groups is 1. The van der Waals surface area contributed by atoms with Crippen molar-refractivity contribution in [2.45, 2.75) is 51.6 Å². The van der Waals surface area contributed by atoms with E-state index in [2.05, 4.69) is 20.5 Å². The number of aromatic amines is 1. The maximum atomic E-state index is 11.7. The van der Waals surface area contributed by atoms with Gasteiger partial charge >= 0.3 is 0 Å². The number of rotatable bonds is 7. The van der Waals surface area contributed by atoms with Gasteiger partial charge in [0, 0.05) is 0 Å². The van der Waals surface area contributed by atoms with Gasteiger partial charge in [0.1, 0.15) is 6.33 Å². The van der Waals surface area contributed by atoms with Crippen LogP contribution in [0.4, 0.5) is 5.95 Å². The third-order valence-electron chi connectivity index (χ3n) is 2.59. The molecule has 0 unspecified atom stereocenters. The van der Waals surface area contributed by atoms with E-state index in [9.17, 15) is 9.90 Å². The van der Waals surface area contributed by atoms with Crippen molar-refractivity contribution in [3.63, 3.8) is 0 Å². The van der Waals surface area contributed by atoms with Crippen molar-refractivity contribution in [1.29, 1.82) is 0 Å². The lowest BCUT2D eigenvalue weighted by Gasteiger charge is -2.26. The van der Waals surface area contributed by atoms with Gasteiger partial charge in [-0.2, -0.15) is 10.1 Å². The molecule has 0 aliphatic heterocycles. The van der Waals surface area contributed by atoms with E-state index in [1.165, 1.54) is 6.33 Å². The summed E-state index contributed by atoms with van der Waals surface area (Å²) < 4.78 is 0. The molecule has 0 atom stereocenters. The van der Waals surface area contributed by atoms with E-state index in [1.54, 1.807) is 0 Å². The van der Waals surface area contributed by atoms with Crippen molar-refractivity contribution in [2.24, 2.45) is 0 Å². The Labute approximate surface area is 101 Å². The Morgan fingerprint density at radius 3 is 2.59 bits per heavy atom. The second-order valence-corrected chi connectivity index (χ2v) is 4.28. The minimum absolute atomic E-state index is 0.0926. The van der Waals surface area contributed by atoms with Gasteiger partial charge in [-0.3, -0.25) is 10.1 Å². The second-order valence-electron chi connectivity index (χ2n) is 4.28. The van der Waals surface area contributed by atoms with Crippen molar-refractivity contribution in [2.75, 3.05) is 5.32 Å². The van der Waals surface area contributed by atoms with Crippen LogP contribution in [-0.4, -0.2) is 31.8 Å². The van der Waals surface area contributed by atoms with Gasteiger partial charge in [0.25, 0.3) is 0 Å². The molecular weight excluding hydrogens is 220 g/mol. The molecule has 96 valence electrons. The highest BCUT2D eigenvalue weighted by Crippen LogP contribution is 2.23. The molecule has 1 heterocycles. The first-order valence-corrected chi connectivity index (χ1v) is 5.97. The summed E-state index contributed by atoms with van der Waals surface area (Å²) in [6.45, 7) is 3.99. The highest BCUT2D eigenvalue weighted by Gasteiger charge is 2.28. The van der Waals surface area contributed by atoms with Crippen LogP contribution in [-0.2, 0) is 4.79 Å². The number of aliphatic hydroxyl groups is 1. The summed E-state index contributed by atoms with van der Waals surface area (Å²) in [5, 5.41) is 19.0. The molecule has 0 aliphatic rings. The van der Waals surface area contributed by atoms with Gasteiger partial charge in [0.15, 0.2) is 0 Å². The van der Waals surface area contributed by atoms with E-state index in [0.29, 0.717) is 18.8 Å². The molecule has 1 rings (SSSR count). The number of carbonyl (C=O) groups excluding carboxylic acids is 1. The monoisotopic (exact) mass is 240 g/mol. The molecule has 6 heteroatoms. The predicted molar refractivity (Wildman–Crippen MR) is 64.4 cm³/mol. The maximum Gasteiger partial charge on any atom is 0.229 e. The van der Waals surface area contributed by atoms with Crippen LogP contribution in [0.5, 0.6) is 0 Å². The van der Waals surface area contributed by atoms with E-state index < -0.39 is 5.60 Å². The van der Waals surface area contributed by atoms with Crippen LogP contribution < -0.4 is 5.32 Å². The zero-order valence-electron chi connectivity index (χ0n) is 10.4. The normalized spacial score (nSPS) is 11.5. The largest absolute Gasteiger partial charge is 0.389 e. The molecule has 0 aliphatic carbocycles. The number of nitrogens with one attached hydrogen (secondary N) is 2.